The summed E-state index contributed by atoms with van der Waals surface area (Å²) in [5.41, 5.74) is -4.15. The van der Waals surface area contributed by atoms with Gasteiger partial charge in [0, 0.05) is 42.4 Å². The Labute approximate surface area is 294 Å². The van der Waals surface area contributed by atoms with Crippen molar-refractivity contribution < 1.29 is 63.8 Å². The summed E-state index contributed by atoms with van der Waals surface area (Å²) >= 11 is 0. The SMILES string of the molecule is COc1cccc2c1C(=O)c1c(O)c3c(c(O)c1C2=O)CC(O)(C(=O)CO)CC3OC1CC(NC(=O)CCCn2ccnc2[N+](=O)[O-])C(O)C(C)O1. The number of nitrogens with zero attached hydrogens (tertiary/aromatic N) is 3. The predicted octanol–water partition coefficient (Wildman–Crippen LogP) is 0.744. The first-order valence-corrected chi connectivity index (χ1v) is 16.4. The van der Waals surface area contributed by atoms with Crippen molar-refractivity contribution in [3.63, 3.8) is 0 Å². The van der Waals surface area contributed by atoms with Crippen LogP contribution in [0.15, 0.2) is 30.6 Å². The van der Waals surface area contributed by atoms with Crippen LogP contribution in [0.3, 0.4) is 0 Å². The molecule has 3 aliphatic rings. The Kier molecular flexibility index (Phi) is 9.86. The van der Waals surface area contributed by atoms with E-state index in [2.05, 4.69) is 10.3 Å². The highest BCUT2D eigenvalue weighted by molar-refractivity contribution is 6.31. The van der Waals surface area contributed by atoms with Gasteiger partial charge in [-0.15, -0.1) is 0 Å². The van der Waals surface area contributed by atoms with E-state index >= 15 is 0 Å². The van der Waals surface area contributed by atoms with Crippen LogP contribution in [-0.2, 0) is 32.0 Å². The quantitative estimate of drug-likeness (QED) is 0.0708. The van der Waals surface area contributed by atoms with Gasteiger partial charge in [0.1, 0.15) is 48.0 Å². The lowest BCUT2D eigenvalue weighted by Crippen LogP contribution is -2.55. The molecule has 1 saturated heterocycles. The van der Waals surface area contributed by atoms with Gasteiger partial charge in [0.15, 0.2) is 17.9 Å². The van der Waals surface area contributed by atoms with Crippen LogP contribution >= 0.6 is 0 Å². The molecule has 0 radical (unpaired) electrons. The highest BCUT2D eigenvalue weighted by atomic mass is 16.7. The second-order valence-corrected chi connectivity index (χ2v) is 13.0. The maximum Gasteiger partial charge on any atom is 0.434 e. The van der Waals surface area contributed by atoms with Crippen LogP contribution < -0.4 is 10.1 Å². The summed E-state index contributed by atoms with van der Waals surface area (Å²) in [7, 11) is 1.29. The normalized spacial score (nSPS) is 25.1. The maximum atomic E-state index is 13.9. The van der Waals surface area contributed by atoms with E-state index in [9.17, 15) is 54.8 Å². The Morgan fingerprint density at radius 3 is 2.60 bits per heavy atom. The molecular formula is C34H36N4O14. The summed E-state index contributed by atoms with van der Waals surface area (Å²) < 4.78 is 18.6. The molecule has 52 heavy (non-hydrogen) atoms. The number of imidazole rings is 1. The zero-order valence-electron chi connectivity index (χ0n) is 28.0. The number of nitro groups is 1. The highest BCUT2D eigenvalue weighted by Gasteiger charge is 2.50. The predicted molar refractivity (Wildman–Crippen MR) is 174 cm³/mol. The Morgan fingerprint density at radius 2 is 1.90 bits per heavy atom. The van der Waals surface area contributed by atoms with Crippen LogP contribution in [0.2, 0.25) is 0 Å². The lowest BCUT2D eigenvalue weighted by atomic mass is 9.72. The summed E-state index contributed by atoms with van der Waals surface area (Å²) in [6.07, 6.45) is -3.49. The van der Waals surface area contributed by atoms with Crippen LogP contribution in [-0.4, -0.2) is 107 Å². The number of benzene rings is 2. The number of aliphatic hydroxyl groups excluding tert-OH is 2. The molecule has 6 atom stereocenters. The van der Waals surface area contributed by atoms with E-state index in [0.29, 0.717) is 0 Å². The van der Waals surface area contributed by atoms with Crippen LogP contribution in [0, 0.1) is 10.1 Å². The third-order valence-corrected chi connectivity index (χ3v) is 9.77. The number of aliphatic hydroxyl groups is 3. The molecule has 276 valence electrons. The zero-order valence-corrected chi connectivity index (χ0v) is 28.0. The average molecular weight is 725 g/mol. The smallest absolute Gasteiger partial charge is 0.434 e. The van der Waals surface area contributed by atoms with Gasteiger partial charge in [-0.1, -0.05) is 17.1 Å². The zero-order chi connectivity index (χ0) is 37.6. The Hall–Kier alpha value is -5.27. The van der Waals surface area contributed by atoms with Gasteiger partial charge >= 0.3 is 5.95 Å². The number of phenols is 2. The van der Waals surface area contributed by atoms with Crippen molar-refractivity contribution in [3.8, 4) is 17.2 Å². The van der Waals surface area contributed by atoms with Gasteiger partial charge in [0.05, 0.1) is 48.6 Å². The monoisotopic (exact) mass is 724 g/mol. The Morgan fingerprint density at radius 1 is 1.17 bits per heavy atom. The topological polar surface area (TPSA) is 270 Å². The Bertz CT molecular complexity index is 1980. The molecule has 18 nitrogen and oxygen atoms in total. The van der Waals surface area contributed by atoms with Crippen LogP contribution in [0.25, 0.3) is 0 Å². The molecule has 3 aromatic rings. The van der Waals surface area contributed by atoms with E-state index in [-0.39, 0.29) is 59.8 Å². The van der Waals surface area contributed by atoms with Crippen molar-refractivity contribution in [1.82, 2.24) is 14.9 Å². The van der Waals surface area contributed by atoms with Gasteiger partial charge in [0.2, 0.25) is 11.7 Å². The number of hydrogen-bond acceptors (Lipinski definition) is 15. The maximum absolute atomic E-state index is 13.9. The third-order valence-electron chi connectivity index (χ3n) is 9.77. The van der Waals surface area contributed by atoms with Crippen LogP contribution in [0.4, 0.5) is 5.95 Å². The first kappa shape index (κ1) is 36.5. The number of rotatable bonds is 11. The van der Waals surface area contributed by atoms with Gasteiger partial charge in [-0.05, 0) is 24.3 Å². The summed E-state index contributed by atoms with van der Waals surface area (Å²) in [5.74, 6) is -5.02. The number of aromatic hydroxyl groups is 2. The largest absolute Gasteiger partial charge is 0.507 e. The number of ketones is 3. The molecule has 6 unspecified atom stereocenters. The molecule has 2 aliphatic carbocycles. The van der Waals surface area contributed by atoms with E-state index in [1.807, 2.05) is 0 Å². The van der Waals surface area contributed by atoms with E-state index < -0.39 is 106 Å². The molecule has 2 aromatic carbocycles. The summed E-state index contributed by atoms with van der Waals surface area (Å²) in [5, 5.41) is 69.1. The molecule has 0 spiro atoms. The van der Waals surface area contributed by atoms with Crippen molar-refractivity contribution in [2.45, 2.75) is 81.8 Å². The number of methoxy groups -OCH3 is 1. The van der Waals surface area contributed by atoms with E-state index in [0.717, 1.165) is 0 Å². The number of Topliss-reactive ketones (excluding diaryl/α,β-unsaturated/α-hetero) is 1. The number of hydrogen-bond donors (Lipinski definition) is 6. The Balaban J connectivity index is 1.29. The molecule has 1 aromatic heterocycles. The minimum atomic E-state index is -2.36. The number of carbonyl (C=O) groups excluding carboxylic acids is 4. The summed E-state index contributed by atoms with van der Waals surface area (Å²) in [6, 6.07) is 3.33. The molecule has 1 fully saturated rings. The number of fused-ring (bicyclic) bond motifs is 3. The number of amides is 1. The molecule has 6 N–H and O–H groups in total. The van der Waals surface area contributed by atoms with Crippen molar-refractivity contribution in [2.24, 2.45) is 0 Å². The van der Waals surface area contributed by atoms with E-state index in [1.165, 1.54) is 49.2 Å². The average Bonchev–Trinajstić information content (AvgIpc) is 3.59. The third kappa shape index (κ3) is 6.28. The van der Waals surface area contributed by atoms with Gasteiger partial charge < -0.3 is 55.2 Å². The molecule has 0 saturated carbocycles. The van der Waals surface area contributed by atoms with Crippen molar-refractivity contribution in [3.05, 3.63) is 74.1 Å². The fourth-order valence-corrected chi connectivity index (χ4v) is 7.20. The fourth-order valence-electron chi connectivity index (χ4n) is 7.20. The molecule has 0 bridgehead atoms. The lowest BCUT2D eigenvalue weighted by Gasteiger charge is -2.43. The number of carbonyl (C=O) groups is 4. The minimum absolute atomic E-state index is 0.0492. The standard InChI is InChI=1S/C34H36N4O14/c1-15-28(42)18(36-22(41)7-4-9-37-10-8-35-33(37)38(48)49)11-23(51-15)52-20-13-34(47,21(40)14-39)12-17-25(20)32(46)27-26(30(17)44)29(43)16-5-3-6-19(50-2)24(16)31(27)45/h3,5-6,8,10,15,18,20,23,28,39,42,44,46-47H,4,7,9,11-14H2,1-2H3,(H,36,41). The van der Waals surface area contributed by atoms with Crippen LogP contribution in [0.5, 0.6) is 17.2 Å². The number of phenolic OH excluding ortho intramolecular Hbond substituents is 2. The van der Waals surface area contributed by atoms with Gasteiger partial charge in [0.25, 0.3) is 0 Å². The van der Waals surface area contributed by atoms with Crippen molar-refractivity contribution >= 4 is 29.2 Å². The van der Waals surface area contributed by atoms with Crippen molar-refractivity contribution in [2.75, 3.05) is 13.7 Å². The molecular weight excluding hydrogens is 688 g/mol. The second-order valence-electron chi connectivity index (χ2n) is 13.0. The number of nitrogens with one attached hydrogen (secondary N) is 1. The van der Waals surface area contributed by atoms with E-state index in [1.54, 1.807) is 0 Å². The second kappa shape index (κ2) is 14.0. The molecule has 18 heteroatoms. The minimum Gasteiger partial charge on any atom is -0.507 e. The number of ether oxygens (including phenoxy) is 3. The summed E-state index contributed by atoms with van der Waals surface area (Å²) in [6.45, 7) is 0.546. The first-order valence-electron chi connectivity index (χ1n) is 16.4. The number of aromatic nitrogens is 2. The fraction of sp³-hybridized carbons (Fsp3) is 0.441. The highest BCUT2D eigenvalue weighted by Crippen LogP contribution is 2.52. The molecule has 2 heterocycles. The molecule has 6 rings (SSSR count). The van der Waals surface area contributed by atoms with Gasteiger partial charge in [-0.2, -0.15) is 0 Å². The van der Waals surface area contributed by atoms with Crippen LogP contribution in [0.1, 0.15) is 81.7 Å². The molecule has 1 aliphatic heterocycles. The summed E-state index contributed by atoms with van der Waals surface area (Å²) in [4.78, 5) is 67.5. The molecule has 1 amide bonds. The van der Waals surface area contributed by atoms with Crippen molar-refractivity contribution in [1.29, 1.82) is 0 Å². The first-order chi connectivity index (χ1) is 24.7. The number of aryl methyl sites for hydroxylation is 1. The van der Waals surface area contributed by atoms with E-state index in [4.69, 9.17) is 14.2 Å². The van der Waals surface area contributed by atoms with Gasteiger partial charge in [-0.25, -0.2) is 4.57 Å². The van der Waals surface area contributed by atoms with Gasteiger partial charge in [-0.3, -0.25) is 19.2 Å². The lowest BCUT2D eigenvalue weighted by molar-refractivity contribution is -0.396.